The van der Waals surface area contributed by atoms with Crippen molar-refractivity contribution in [3.8, 4) is 0 Å². The van der Waals surface area contributed by atoms with Crippen molar-refractivity contribution >= 4 is 11.6 Å². The van der Waals surface area contributed by atoms with Gasteiger partial charge in [-0.15, -0.1) is 0 Å². The van der Waals surface area contributed by atoms with Gasteiger partial charge in [-0.3, -0.25) is 0 Å². The van der Waals surface area contributed by atoms with Gasteiger partial charge in [0.25, 0.3) is 0 Å². The van der Waals surface area contributed by atoms with Crippen molar-refractivity contribution in [2.45, 2.75) is 26.7 Å². The van der Waals surface area contributed by atoms with E-state index >= 15 is 0 Å². The van der Waals surface area contributed by atoms with E-state index in [1.165, 1.54) is 28.8 Å². The van der Waals surface area contributed by atoms with E-state index in [0.29, 0.717) is 0 Å². The molecule has 2 rings (SSSR count). The topological polar surface area (TPSA) is 0 Å². The molecule has 0 aromatic heterocycles. The minimum Gasteiger partial charge on any atom is -0.0763 e. The van der Waals surface area contributed by atoms with E-state index in [1.54, 1.807) is 5.57 Å². The van der Waals surface area contributed by atoms with Crippen LogP contribution in [0.1, 0.15) is 25.3 Å². The highest BCUT2D eigenvalue weighted by molar-refractivity contribution is 5.50. The van der Waals surface area contributed by atoms with Crippen LogP contribution in [-0.4, -0.2) is 0 Å². The predicted octanol–water partition coefficient (Wildman–Crippen LogP) is 1.74. The third-order valence-electron chi connectivity index (χ3n) is 2.62. The summed E-state index contributed by atoms with van der Waals surface area (Å²) in [6.07, 6.45) is 4.79. The Morgan fingerprint density at radius 2 is 2.00 bits per heavy atom. The first-order valence-electron chi connectivity index (χ1n) is 4.54. The van der Waals surface area contributed by atoms with Crippen LogP contribution in [0, 0.1) is 6.92 Å². The summed E-state index contributed by atoms with van der Waals surface area (Å²) in [7, 11) is 0. The van der Waals surface area contributed by atoms with E-state index < -0.39 is 0 Å². The van der Waals surface area contributed by atoms with E-state index in [0.717, 1.165) is 0 Å². The molecule has 0 bridgehead atoms. The van der Waals surface area contributed by atoms with Crippen molar-refractivity contribution < 1.29 is 0 Å². The Balaban J connectivity index is 2.95. The molecule has 1 aromatic rings. The smallest absolute Gasteiger partial charge is 0.0169 e. The fourth-order valence-electron chi connectivity index (χ4n) is 2.01. The first-order valence-corrected chi connectivity index (χ1v) is 4.54. The van der Waals surface area contributed by atoms with Gasteiger partial charge in [0.15, 0.2) is 0 Å². The SMILES string of the molecule is CC1=c2c(C)cccc2=CCC1. The van der Waals surface area contributed by atoms with E-state index in [-0.39, 0.29) is 0 Å². The molecule has 0 N–H and O–H groups in total. The third kappa shape index (κ3) is 1.08. The van der Waals surface area contributed by atoms with Gasteiger partial charge in [0, 0.05) is 0 Å². The molecule has 0 fully saturated rings. The summed E-state index contributed by atoms with van der Waals surface area (Å²) in [4.78, 5) is 0. The minimum absolute atomic E-state index is 1.21. The molecule has 0 spiro atoms. The van der Waals surface area contributed by atoms with Crippen LogP contribution in [0.15, 0.2) is 18.2 Å². The summed E-state index contributed by atoms with van der Waals surface area (Å²) in [5.41, 5.74) is 2.96. The Kier molecular flexibility index (Phi) is 1.76. The molecule has 0 atom stereocenters. The lowest BCUT2D eigenvalue weighted by Gasteiger charge is -2.07. The monoisotopic (exact) mass is 158 g/mol. The summed E-state index contributed by atoms with van der Waals surface area (Å²) >= 11 is 0. The molecule has 0 nitrogen and oxygen atoms in total. The van der Waals surface area contributed by atoms with Gasteiger partial charge in [-0.1, -0.05) is 29.8 Å². The fourth-order valence-corrected chi connectivity index (χ4v) is 2.01. The highest BCUT2D eigenvalue weighted by Crippen LogP contribution is 2.06. The second kappa shape index (κ2) is 2.78. The van der Waals surface area contributed by atoms with Crippen molar-refractivity contribution in [2.75, 3.05) is 0 Å². The number of rotatable bonds is 0. The molecule has 0 heteroatoms. The average molecular weight is 158 g/mol. The van der Waals surface area contributed by atoms with E-state index in [1.807, 2.05) is 0 Å². The normalized spacial score (nSPS) is 15.3. The average Bonchev–Trinajstić information content (AvgIpc) is 2.04. The molecule has 1 aromatic carbocycles. The fraction of sp³-hybridized carbons (Fsp3) is 0.333. The van der Waals surface area contributed by atoms with Gasteiger partial charge in [-0.25, -0.2) is 0 Å². The molecule has 0 saturated heterocycles. The maximum atomic E-state index is 2.34. The molecule has 0 amide bonds. The van der Waals surface area contributed by atoms with Crippen LogP contribution in [0.4, 0.5) is 0 Å². The minimum atomic E-state index is 1.21. The largest absolute Gasteiger partial charge is 0.0763 e. The molecular weight excluding hydrogens is 144 g/mol. The summed E-state index contributed by atoms with van der Waals surface area (Å²) in [5, 5.41) is 2.92. The Morgan fingerprint density at radius 3 is 2.75 bits per heavy atom. The Labute approximate surface area is 73.2 Å². The zero-order valence-electron chi connectivity index (χ0n) is 7.72. The van der Waals surface area contributed by atoms with Crippen LogP contribution in [-0.2, 0) is 0 Å². The Hall–Kier alpha value is -1.04. The summed E-state index contributed by atoms with van der Waals surface area (Å²) in [6.45, 7) is 4.44. The molecule has 62 valence electrons. The van der Waals surface area contributed by atoms with E-state index in [4.69, 9.17) is 0 Å². The second-order valence-electron chi connectivity index (χ2n) is 3.56. The maximum Gasteiger partial charge on any atom is -0.0169 e. The summed E-state index contributed by atoms with van der Waals surface area (Å²) < 4.78 is 0. The van der Waals surface area contributed by atoms with Crippen LogP contribution in [0.2, 0.25) is 0 Å². The van der Waals surface area contributed by atoms with Gasteiger partial charge in [-0.2, -0.15) is 0 Å². The van der Waals surface area contributed by atoms with E-state index in [2.05, 4.69) is 38.1 Å². The highest BCUT2D eigenvalue weighted by Gasteiger charge is 2.00. The van der Waals surface area contributed by atoms with Gasteiger partial charge >= 0.3 is 0 Å². The van der Waals surface area contributed by atoms with Crippen LogP contribution < -0.4 is 10.4 Å². The van der Waals surface area contributed by atoms with Crippen molar-refractivity contribution in [3.63, 3.8) is 0 Å². The van der Waals surface area contributed by atoms with Gasteiger partial charge in [0.2, 0.25) is 0 Å². The third-order valence-corrected chi connectivity index (χ3v) is 2.62. The number of benzene rings is 1. The zero-order chi connectivity index (χ0) is 8.55. The van der Waals surface area contributed by atoms with Crippen LogP contribution >= 0.6 is 0 Å². The first-order chi connectivity index (χ1) is 5.79. The number of hydrogen-bond acceptors (Lipinski definition) is 0. The number of fused-ring (bicyclic) bond motifs is 1. The zero-order valence-corrected chi connectivity index (χ0v) is 7.72. The maximum absolute atomic E-state index is 2.34. The molecule has 0 heterocycles. The molecule has 0 aliphatic heterocycles. The quantitative estimate of drug-likeness (QED) is 0.539. The van der Waals surface area contributed by atoms with Crippen LogP contribution in [0.3, 0.4) is 0 Å². The van der Waals surface area contributed by atoms with Crippen molar-refractivity contribution in [1.29, 1.82) is 0 Å². The van der Waals surface area contributed by atoms with Crippen molar-refractivity contribution in [1.82, 2.24) is 0 Å². The molecule has 0 saturated carbocycles. The van der Waals surface area contributed by atoms with E-state index in [9.17, 15) is 0 Å². The molecule has 0 unspecified atom stereocenters. The standard InChI is InChI=1S/C12H14/c1-9-5-3-7-11-8-4-6-10(2)12(9)11/h3,5,7-8H,4,6H2,1-2H3. The number of aryl methyl sites for hydroxylation is 1. The molecule has 1 aliphatic rings. The lowest BCUT2D eigenvalue weighted by atomic mass is 9.98. The van der Waals surface area contributed by atoms with Gasteiger partial charge in [0.1, 0.15) is 0 Å². The first kappa shape index (κ1) is 7.60. The summed E-state index contributed by atoms with van der Waals surface area (Å²) in [5.74, 6) is 0. The van der Waals surface area contributed by atoms with Gasteiger partial charge in [0.05, 0.1) is 0 Å². The molecule has 1 aliphatic carbocycles. The molecule has 0 radical (unpaired) electrons. The van der Waals surface area contributed by atoms with Crippen LogP contribution in [0.5, 0.6) is 0 Å². The lowest BCUT2D eigenvalue weighted by Crippen LogP contribution is -2.31. The highest BCUT2D eigenvalue weighted by atomic mass is 14.1. The Morgan fingerprint density at radius 1 is 1.17 bits per heavy atom. The molecule has 12 heavy (non-hydrogen) atoms. The second-order valence-corrected chi connectivity index (χ2v) is 3.56. The van der Waals surface area contributed by atoms with Gasteiger partial charge in [-0.05, 0) is 42.7 Å². The number of hydrogen-bond donors (Lipinski definition) is 0. The summed E-state index contributed by atoms with van der Waals surface area (Å²) in [6, 6.07) is 6.55. The predicted molar refractivity (Wildman–Crippen MR) is 53.2 cm³/mol. The van der Waals surface area contributed by atoms with Crippen LogP contribution in [0.25, 0.3) is 11.6 Å². The van der Waals surface area contributed by atoms with Crippen molar-refractivity contribution in [2.24, 2.45) is 0 Å². The lowest BCUT2D eigenvalue weighted by molar-refractivity contribution is 1.06. The molecular formula is C12H14. The van der Waals surface area contributed by atoms with Gasteiger partial charge < -0.3 is 0 Å². The Bertz CT molecular complexity index is 410. The van der Waals surface area contributed by atoms with Crippen molar-refractivity contribution in [3.05, 3.63) is 34.2 Å².